The fraction of sp³-hybridized carbons (Fsp3) is 0.923. The second-order valence-corrected chi connectivity index (χ2v) is 8.12. The molecule has 0 aromatic rings. The topological polar surface area (TPSA) is 74.7 Å². The van der Waals surface area contributed by atoms with Gasteiger partial charge in [0, 0.05) is 12.3 Å². The minimum Gasteiger partial charge on any atom is -0.480 e. The van der Waals surface area contributed by atoms with Crippen LogP contribution in [0, 0.1) is 0 Å². The molecule has 3 atom stereocenters. The first-order valence-electron chi connectivity index (χ1n) is 7.02. The maximum absolute atomic E-state index is 11.9. The Kier molecular flexibility index (Phi) is 3.93. The molecule has 2 rings (SSSR count). The number of carboxylic acids is 1. The van der Waals surface area contributed by atoms with Crippen LogP contribution in [-0.2, 0) is 14.6 Å². The Bertz CT molecular complexity index is 461. The van der Waals surface area contributed by atoms with Crippen molar-refractivity contribution in [3.63, 3.8) is 0 Å². The summed E-state index contributed by atoms with van der Waals surface area (Å²) in [7, 11) is -3.11. The molecule has 0 amide bonds. The summed E-state index contributed by atoms with van der Waals surface area (Å²) in [6.07, 6.45) is 5.62. The van der Waals surface area contributed by atoms with Crippen molar-refractivity contribution in [3.8, 4) is 0 Å². The van der Waals surface area contributed by atoms with E-state index in [9.17, 15) is 18.3 Å². The quantitative estimate of drug-likeness (QED) is 0.844. The van der Waals surface area contributed by atoms with Crippen molar-refractivity contribution in [2.45, 2.75) is 62.3 Å². The third kappa shape index (κ3) is 2.40. The van der Waals surface area contributed by atoms with Crippen LogP contribution in [0.3, 0.4) is 0 Å². The Labute approximate surface area is 114 Å². The van der Waals surface area contributed by atoms with Crippen molar-refractivity contribution in [2.24, 2.45) is 0 Å². The number of nitrogens with zero attached hydrogens (tertiary/aromatic N) is 1. The van der Waals surface area contributed by atoms with Crippen LogP contribution in [0.2, 0.25) is 0 Å². The van der Waals surface area contributed by atoms with Gasteiger partial charge in [0.05, 0.1) is 5.25 Å². The third-order valence-corrected chi connectivity index (χ3v) is 6.54. The van der Waals surface area contributed by atoms with E-state index in [2.05, 4.69) is 0 Å². The highest BCUT2D eigenvalue weighted by Crippen LogP contribution is 2.40. The van der Waals surface area contributed by atoms with Crippen molar-refractivity contribution in [1.82, 2.24) is 4.90 Å². The number of hydrogen-bond acceptors (Lipinski definition) is 4. The first-order chi connectivity index (χ1) is 8.83. The van der Waals surface area contributed by atoms with Gasteiger partial charge in [-0.15, -0.1) is 0 Å². The van der Waals surface area contributed by atoms with Gasteiger partial charge in [-0.2, -0.15) is 0 Å². The predicted octanol–water partition coefficient (Wildman–Crippen LogP) is 1.28. The van der Waals surface area contributed by atoms with E-state index in [4.69, 9.17) is 0 Å². The first-order valence-corrected chi connectivity index (χ1v) is 8.97. The molecule has 1 heterocycles. The Hall–Kier alpha value is -0.620. The lowest BCUT2D eigenvalue weighted by molar-refractivity contribution is -0.151. The number of carbonyl (C=O) groups is 1. The van der Waals surface area contributed by atoms with Gasteiger partial charge in [-0.25, -0.2) is 8.42 Å². The van der Waals surface area contributed by atoms with Crippen LogP contribution in [0.25, 0.3) is 0 Å². The molecule has 1 saturated carbocycles. The summed E-state index contributed by atoms with van der Waals surface area (Å²) in [5, 5.41) is 9.20. The molecule has 1 aliphatic heterocycles. The first kappa shape index (κ1) is 14.8. The number of likely N-dealkylation sites (tertiary alicyclic amines) is 1. The molecule has 1 N–H and O–H groups in total. The SMILES string of the molecule is CCC1(C(=O)O)CCCN1C1CCCC1S(C)(=O)=O. The van der Waals surface area contributed by atoms with Gasteiger partial charge < -0.3 is 5.11 Å². The van der Waals surface area contributed by atoms with Crippen molar-refractivity contribution in [2.75, 3.05) is 12.8 Å². The molecular formula is C13H23NO4S. The average molecular weight is 289 g/mol. The van der Waals surface area contributed by atoms with Gasteiger partial charge in [-0.1, -0.05) is 13.3 Å². The normalized spacial score (nSPS) is 36.7. The predicted molar refractivity (Wildman–Crippen MR) is 72.9 cm³/mol. The molecule has 0 bridgehead atoms. The molecule has 3 unspecified atom stereocenters. The molecule has 0 radical (unpaired) electrons. The number of rotatable bonds is 4. The maximum Gasteiger partial charge on any atom is 0.324 e. The highest BCUT2D eigenvalue weighted by molar-refractivity contribution is 7.91. The van der Waals surface area contributed by atoms with E-state index in [-0.39, 0.29) is 6.04 Å². The van der Waals surface area contributed by atoms with Crippen LogP contribution in [0.1, 0.15) is 45.4 Å². The van der Waals surface area contributed by atoms with Gasteiger partial charge >= 0.3 is 5.97 Å². The van der Waals surface area contributed by atoms with Crippen molar-refractivity contribution < 1.29 is 18.3 Å². The van der Waals surface area contributed by atoms with Gasteiger partial charge in [-0.05, 0) is 38.6 Å². The summed E-state index contributed by atoms with van der Waals surface area (Å²) in [4.78, 5) is 13.7. The van der Waals surface area contributed by atoms with E-state index in [0.717, 1.165) is 19.3 Å². The van der Waals surface area contributed by atoms with Crippen molar-refractivity contribution in [3.05, 3.63) is 0 Å². The zero-order chi connectivity index (χ0) is 14.3. The molecular weight excluding hydrogens is 266 g/mol. The smallest absolute Gasteiger partial charge is 0.324 e. The van der Waals surface area contributed by atoms with Gasteiger partial charge in [0.1, 0.15) is 5.54 Å². The second kappa shape index (κ2) is 5.05. The number of sulfone groups is 1. The van der Waals surface area contributed by atoms with E-state index in [0.29, 0.717) is 25.8 Å². The van der Waals surface area contributed by atoms with Crippen LogP contribution in [0.5, 0.6) is 0 Å². The fourth-order valence-electron chi connectivity index (χ4n) is 3.91. The van der Waals surface area contributed by atoms with E-state index < -0.39 is 26.6 Å². The van der Waals surface area contributed by atoms with E-state index in [1.165, 1.54) is 6.26 Å². The average Bonchev–Trinajstić information content (AvgIpc) is 2.94. The lowest BCUT2D eigenvalue weighted by atomic mass is 9.91. The molecule has 0 aromatic carbocycles. The molecule has 5 nitrogen and oxygen atoms in total. The van der Waals surface area contributed by atoms with Gasteiger partial charge in [-0.3, -0.25) is 9.69 Å². The summed E-state index contributed by atoms with van der Waals surface area (Å²) in [5.74, 6) is -0.799. The highest BCUT2D eigenvalue weighted by Gasteiger charge is 2.52. The van der Waals surface area contributed by atoms with Crippen LogP contribution in [0.15, 0.2) is 0 Å². The molecule has 0 spiro atoms. The third-order valence-electron chi connectivity index (χ3n) is 4.89. The van der Waals surface area contributed by atoms with Crippen LogP contribution in [0.4, 0.5) is 0 Å². The number of aliphatic carboxylic acids is 1. The monoisotopic (exact) mass is 289 g/mol. The molecule has 110 valence electrons. The highest BCUT2D eigenvalue weighted by atomic mass is 32.2. The summed E-state index contributed by atoms with van der Waals surface area (Å²) >= 11 is 0. The molecule has 19 heavy (non-hydrogen) atoms. The second-order valence-electron chi connectivity index (χ2n) is 5.85. The van der Waals surface area contributed by atoms with E-state index in [1.807, 2.05) is 11.8 Å². The number of hydrogen-bond donors (Lipinski definition) is 1. The minimum absolute atomic E-state index is 0.117. The molecule has 0 aromatic heterocycles. The maximum atomic E-state index is 11.9. The van der Waals surface area contributed by atoms with E-state index in [1.54, 1.807) is 0 Å². The zero-order valence-electron chi connectivity index (χ0n) is 11.6. The van der Waals surface area contributed by atoms with Crippen LogP contribution < -0.4 is 0 Å². The Morgan fingerprint density at radius 3 is 2.58 bits per heavy atom. The number of carboxylic acid groups (broad SMARTS) is 1. The lowest BCUT2D eigenvalue weighted by Gasteiger charge is -2.40. The van der Waals surface area contributed by atoms with Crippen molar-refractivity contribution in [1.29, 1.82) is 0 Å². The largest absolute Gasteiger partial charge is 0.480 e. The summed E-state index contributed by atoms with van der Waals surface area (Å²) in [6.45, 7) is 2.59. The Balaban J connectivity index is 2.32. The van der Waals surface area contributed by atoms with Crippen molar-refractivity contribution >= 4 is 15.8 Å². The Morgan fingerprint density at radius 2 is 2.05 bits per heavy atom. The summed E-state index contributed by atoms with van der Waals surface area (Å²) < 4.78 is 23.8. The summed E-state index contributed by atoms with van der Waals surface area (Å²) in [6, 6.07) is -0.117. The standard InChI is InChI=1S/C13H23NO4S/c1-3-13(12(15)16)8-5-9-14(13)10-6-4-7-11(10)19(2,17)18/h10-11H,3-9H2,1-2H3,(H,15,16). The molecule has 6 heteroatoms. The summed E-state index contributed by atoms with van der Waals surface area (Å²) in [5.41, 5.74) is -0.849. The fourth-order valence-corrected chi connectivity index (χ4v) is 5.35. The van der Waals surface area contributed by atoms with Gasteiger partial charge in [0.25, 0.3) is 0 Å². The van der Waals surface area contributed by atoms with Crippen LogP contribution in [-0.4, -0.2) is 54.0 Å². The lowest BCUT2D eigenvalue weighted by Crippen LogP contribution is -2.57. The van der Waals surface area contributed by atoms with Crippen LogP contribution >= 0.6 is 0 Å². The zero-order valence-corrected chi connectivity index (χ0v) is 12.4. The molecule has 2 fully saturated rings. The Morgan fingerprint density at radius 1 is 1.37 bits per heavy atom. The van der Waals surface area contributed by atoms with Gasteiger partial charge in [0.2, 0.25) is 0 Å². The van der Waals surface area contributed by atoms with Gasteiger partial charge in [0.15, 0.2) is 9.84 Å². The minimum atomic E-state index is -3.11. The molecule has 2 aliphatic rings. The molecule has 1 saturated heterocycles. The van der Waals surface area contributed by atoms with E-state index >= 15 is 0 Å². The molecule has 1 aliphatic carbocycles.